The largest absolute Gasteiger partial charge is 0.504 e. The first-order valence-corrected chi connectivity index (χ1v) is 5.59. The summed E-state index contributed by atoms with van der Waals surface area (Å²) in [6.07, 6.45) is 4.79. The van der Waals surface area contributed by atoms with Crippen molar-refractivity contribution in [2.75, 3.05) is 13.1 Å². The molecule has 16 heavy (non-hydrogen) atoms. The zero-order valence-corrected chi connectivity index (χ0v) is 9.60. The number of benzene rings is 1. The fraction of sp³-hybridized carbons (Fsp3) is 0.500. The SMILES string of the molecule is NCCCCCCN.Oc1ccccc1O. The van der Waals surface area contributed by atoms with Crippen LogP contribution < -0.4 is 11.5 Å². The van der Waals surface area contributed by atoms with Gasteiger partial charge in [0.1, 0.15) is 0 Å². The van der Waals surface area contributed by atoms with Crippen molar-refractivity contribution in [1.29, 1.82) is 0 Å². The van der Waals surface area contributed by atoms with Crippen LogP contribution in [0.25, 0.3) is 0 Å². The van der Waals surface area contributed by atoms with Gasteiger partial charge in [-0.2, -0.15) is 0 Å². The number of para-hydroxylation sites is 2. The third kappa shape index (κ3) is 8.08. The topological polar surface area (TPSA) is 92.5 Å². The Morgan fingerprint density at radius 3 is 1.38 bits per heavy atom. The van der Waals surface area contributed by atoms with Crippen LogP contribution in [0, 0.1) is 0 Å². The highest BCUT2D eigenvalue weighted by Crippen LogP contribution is 2.21. The molecule has 6 N–H and O–H groups in total. The summed E-state index contributed by atoms with van der Waals surface area (Å²) in [7, 11) is 0. The van der Waals surface area contributed by atoms with Crippen molar-refractivity contribution in [2.45, 2.75) is 25.7 Å². The van der Waals surface area contributed by atoms with Gasteiger partial charge in [-0.25, -0.2) is 0 Å². The van der Waals surface area contributed by atoms with E-state index in [0.717, 1.165) is 25.9 Å². The molecule has 0 amide bonds. The molecule has 0 unspecified atom stereocenters. The normalized spacial score (nSPS) is 9.38. The second-order valence-corrected chi connectivity index (χ2v) is 3.48. The molecule has 0 fully saturated rings. The van der Waals surface area contributed by atoms with Crippen molar-refractivity contribution in [1.82, 2.24) is 0 Å². The molecule has 0 bridgehead atoms. The van der Waals surface area contributed by atoms with E-state index in [1.165, 1.54) is 25.0 Å². The van der Waals surface area contributed by atoms with E-state index in [9.17, 15) is 0 Å². The van der Waals surface area contributed by atoms with Crippen molar-refractivity contribution in [2.24, 2.45) is 11.5 Å². The van der Waals surface area contributed by atoms with E-state index < -0.39 is 0 Å². The van der Waals surface area contributed by atoms with Gasteiger partial charge >= 0.3 is 0 Å². The van der Waals surface area contributed by atoms with Gasteiger partial charge in [-0.15, -0.1) is 0 Å². The lowest BCUT2D eigenvalue weighted by atomic mass is 10.2. The highest BCUT2D eigenvalue weighted by atomic mass is 16.3. The molecule has 0 saturated heterocycles. The number of hydrogen-bond donors (Lipinski definition) is 4. The first kappa shape index (κ1) is 14.7. The highest BCUT2D eigenvalue weighted by Gasteiger charge is 1.90. The minimum Gasteiger partial charge on any atom is -0.504 e. The van der Waals surface area contributed by atoms with Crippen molar-refractivity contribution in [3.8, 4) is 11.5 Å². The maximum absolute atomic E-state index is 8.67. The summed E-state index contributed by atoms with van der Waals surface area (Å²) in [5.41, 5.74) is 10.6. The predicted octanol–water partition coefficient (Wildman–Crippen LogP) is 1.56. The summed E-state index contributed by atoms with van der Waals surface area (Å²) in [5.74, 6) is -0.153. The van der Waals surface area contributed by atoms with Gasteiger partial charge in [0.05, 0.1) is 0 Å². The fourth-order valence-corrected chi connectivity index (χ4v) is 1.11. The van der Waals surface area contributed by atoms with Gasteiger partial charge in [-0.05, 0) is 38.1 Å². The van der Waals surface area contributed by atoms with Crippen molar-refractivity contribution in [3.05, 3.63) is 24.3 Å². The summed E-state index contributed by atoms with van der Waals surface area (Å²) in [6.45, 7) is 1.65. The second kappa shape index (κ2) is 10.3. The van der Waals surface area contributed by atoms with Crippen LogP contribution in [-0.4, -0.2) is 23.3 Å². The van der Waals surface area contributed by atoms with Gasteiger partial charge in [-0.1, -0.05) is 25.0 Å². The standard InChI is InChI=1S/C6H16N2.C6H6O2/c7-5-3-1-2-4-6-8;7-5-3-1-2-4-6(5)8/h1-8H2;1-4,7-8H. The Morgan fingerprint density at radius 2 is 1.12 bits per heavy atom. The molecular weight excluding hydrogens is 204 g/mol. The first-order chi connectivity index (χ1) is 7.72. The lowest BCUT2D eigenvalue weighted by Gasteiger charge is -1.94. The first-order valence-electron chi connectivity index (χ1n) is 5.59. The van der Waals surface area contributed by atoms with Crippen molar-refractivity contribution in [3.63, 3.8) is 0 Å². The molecular formula is C12H22N2O2. The van der Waals surface area contributed by atoms with Crippen LogP contribution in [0.5, 0.6) is 11.5 Å². The highest BCUT2D eigenvalue weighted by molar-refractivity contribution is 5.36. The van der Waals surface area contributed by atoms with Crippen molar-refractivity contribution >= 4 is 0 Å². The van der Waals surface area contributed by atoms with E-state index in [1.807, 2.05) is 0 Å². The molecule has 0 aliphatic rings. The van der Waals surface area contributed by atoms with E-state index in [-0.39, 0.29) is 11.5 Å². The Bertz CT molecular complexity index is 240. The van der Waals surface area contributed by atoms with E-state index >= 15 is 0 Å². The maximum atomic E-state index is 8.67. The molecule has 0 radical (unpaired) electrons. The van der Waals surface area contributed by atoms with Crippen LogP contribution >= 0.6 is 0 Å². The number of unbranched alkanes of at least 4 members (excludes halogenated alkanes) is 3. The summed E-state index contributed by atoms with van der Waals surface area (Å²) >= 11 is 0. The van der Waals surface area contributed by atoms with Crippen LogP contribution in [0.3, 0.4) is 0 Å². The number of hydrogen-bond acceptors (Lipinski definition) is 4. The zero-order chi connectivity index (χ0) is 12.2. The van der Waals surface area contributed by atoms with E-state index in [0.29, 0.717) is 0 Å². The van der Waals surface area contributed by atoms with Crippen LogP contribution in [0.4, 0.5) is 0 Å². The van der Waals surface area contributed by atoms with Crippen molar-refractivity contribution < 1.29 is 10.2 Å². The van der Waals surface area contributed by atoms with Crippen LogP contribution in [0.15, 0.2) is 24.3 Å². The van der Waals surface area contributed by atoms with Gasteiger partial charge in [0.25, 0.3) is 0 Å². The summed E-state index contributed by atoms with van der Waals surface area (Å²) in [5, 5.41) is 17.3. The zero-order valence-electron chi connectivity index (χ0n) is 9.60. The van der Waals surface area contributed by atoms with Crippen LogP contribution in [-0.2, 0) is 0 Å². The smallest absolute Gasteiger partial charge is 0.157 e. The molecule has 0 spiro atoms. The Kier molecular flexibility index (Phi) is 9.46. The number of phenolic OH excluding ortho intramolecular Hbond substituents is 2. The Hall–Kier alpha value is -1.26. The van der Waals surface area contributed by atoms with E-state index in [2.05, 4.69) is 0 Å². The molecule has 4 nitrogen and oxygen atoms in total. The number of rotatable bonds is 5. The third-order valence-corrected chi connectivity index (χ3v) is 2.04. The Morgan fingerprint density at radius 1 is 0.750 bits per heavy atom. The van der Waals surface area contributed by atoms with E-state index in [1.54, 1.807) is 12.1 Å². The number of nitrogens with two attached hydrogens (primary N) is 2. The lowest BCUT2D eigenvalue weighted by Crippen LogP contribution is -2.00. The van der Waals surface area contributed by atoms with Gasteiger partial charge in [0, 0.05) is 0 Å². The molecule has 0 aromatic heterocycles. The van der Waals surface area contributed by atoms with Gasteiger partial charge in [-0.3, -0.25) is 0 Å². The van der Waals surface area contributed by atoms with Gasteiger partial charge in [0.15, 0.2) is 11.5 Å². The predicted molar refractivity (Wildman–Crippen MR) is 66.3 cm³/mol. The average Bonchev–Trinajstić information content (AvgIpc) is 2.30. The molecule has 4 heteroatoms. The molecule has 0 aliphatic heterocycles. The molecule has 0 atom stereocenters. The van der Waals surface area contributed by atoms with E-state index in [4.69, 9.17) is 21.7 Å². The molecule has 0 heterocycles. The summed E-state index contributed by atoms with van der Waals surface area (Å²) in [6, 6.07) is 6.15. The molecule has 1 rings (SSSR count). The Labute approximate surface area is 96.9 Å². The second-order valence-electron chi connectivity index (χ2n) is 3.48. The minimum absolute atomic E-state index is 0.0764. The van der Waals surface area contributed by atoms with Crippen LogP contribution in [0.2, 0.25) is 0 Å². The molecule has 1 aromatic rings. The molecule has 92 valence electrons. The summed E-state index contributed by atoms with van der Waals surface area (Å²) < 4.78 is 0. The van der Waals surface area contributed by atoms with Crippen LogP contribution in [0.1, 0.15) is 25.7 Å². The van der Waals surface area contributed by atoms with Gasteiger partial charge in [0.2, 0.25) is 0 Å². The number of aromatic hydroxyl groups is 2. The average molecular weight is 226 g/mol. The van der Waals surface area contributed by atoms with Gasteiger partial charge < -0.3 is 21.7 Å². The Balaban J connectivity index is 0.000000281. The quantitative estimate of drug-likeness (QED) is 0.453. The lowest BCUT2D eigenvalue weighted by molar-refractivity contribution is 0.404. The molecule has 0 saturated carbocycles. The number of phenols is 2. The monoisotopic (exact) mass is 226 g/mol. The maximum Gasteiger partial charge on any atom is 0.157 e. The minimum atomic E-state index is -0.0764. The third-order valence-electron chi connectivity index (χ3n) is 2.04. The molecule has 1 aromatic carbocycles. The fourth-order valence-electron chi connectivity index (χ4n) is 1.11. The summed E-state index contributed by atoms with van der Waals surface area (Å²) in [4.78, 5) is 0. The molecule has 0 aliphatic carbocycles.